The van der Waals surface area contributed by atoms with Crippen molar-refractivity contribution in [1.29, 1.82) is 0 Å². The molecule has 0 unspecified atom stereocenters. The molecule has 92 valence electrons. The fraction of sp³-hybridized carbons (Fsp3) is 0.0714. The standard InChI is InChI=1S/C14H9Cl2IO/c15-11-6-5-9(7-12(11)16)8-14(18)10-3-1-2-4-13(10)17/h1-7H,8H2. The van der Waals surface area contributed by atoms with E-state index < -0.39 is 0 Å². The van der Waals surface area contributed by atoms with Crippen LogP contribution in [0.3, 0.4) is 0 Å². The zero-order valence-corrected chi connectivity index (χ0v) is 13.0. The quantitative estimate of drug-likeness (QED) is 0.531. The van der Waals surface area contributed by atoms with Gasteiger partial charge < -0.3 is 0 Å². The van der Waals surface area contributed by atoms with Gasteiger partial charge in [0, 0.05) is 15.6 Å². The third-order valence-corrected chi connectivity index (χ3v) is 4.20. The summed E-state index contributed by atoms with van der Waals surface area (Å²) in [6, 6.07) is 12.8. The second-order valence-corrected chi connectivity index (χ2v) is 5.80. The molecule has 0 aliphatic rings. The average Bonchev–Trinajstić information content (AvgIpc) is 2.34. The number of Topliss-reactive ketones (excluding diaryl/α,β-unsaturated/α-hetero) is 1. The van der Waals surface area contributed by atoms with Gasteiger partial charge in [-0.1, -0.05) is 47.5 Å². The lowest BCUT2D eigenvalue weighted by atomic mass is 10.0. The van der Waals surface area contributed by atoms with Crippen molar-refractivity contribution in [3.05, 3.63) is 67.2 Å². The summed E-state index contributed by atoms with van der Waals surface area (Å²) in [6.07, 6.45) is 0.330. The zero-order chi connectivity index (χ0) is 13.1. The molecule has 1 nitrogen and oxygen atoms in total. The van der Waals surface area contributed by atoms with Crippen molar-refractivity contribution in [2.75, 3.05) is 0 Å². The van der Waals surface area contributed by atoms with Crippen LogP contribution in [0.5, 0.6) is 0 Å². The normalized spacial score (nSPS) is 10.4. The molecule has 0 spiro atoms. The maximum Gasteiger partial charge on any atom is 0.168 e. The summed E-state index contributed by atoms with van der Waals surface area (Å²) in [5, 5.41) is 0.979. The number of hydrogen-bond acceptors (Lipinski definition) is 1. The van der Waals surface area contributed by atoms with Crippen molar-refractivity contribution in [1.82, 2.24) is 0 Å². The van der Waals surface area contributed by atoms with Gasteiger partial charge in [-0.3, -0.25) is 4.79 Å². The van der Waals surface area contributed by atoms with Gasteiger partial charge in [0.25, 0.3) is 0 Å². The molecular formula is C14H9Cl2IO. The minimum absolute atomic E-state index is 0.0818. The fourth-order valence-electron chi connectivity index (χ4n) is 1.62. The van der Waals surface area contributed by atoms with E-state index in [2.05, 4.69) is 22.6 Å². The third kappa shape index (κ3) is 3.25. The predicted molar refractivity (Wildman–Crippen MR) is 83.7 cm³/mol. The molecule has 0 saturated heterocycles. The van der Waals surface area contributed by atoms with Gasteiger partial charge in [0.05, 0.1) is 10.0 Å². The lowest BCUT2D eigenvalue weighted by Gasteiger charge is -2.05. The molecule has 0 saturated carbocycles. The SMILES string of the molecule is O=C(Cc1ccc(Cl)c(Cl)c1)c1ccccc1I. The Morgan fingerprint density at radius 2 is 1.78 bits per heavy atom. The van der Waals surface area contributed by atoms with Gasteiger partial charge in [-0.05, 0) is 46.4 Å². The topological polar surface area (TPSA) is 17.1 Å². The van der Waals surface area contributed by atoms with Gasteiger partial charge in [-0.25, -0.2) is 0 Å². The molecule has 0 aromatic heterocycles. The summed E-state index contributed by atoms with van der Waals surface area (Å²) in [4.78, 5) is 12.2. The van der Waals surface area contributed by atoms with Gasteiger partial charge in [0.1, 0.15) is 0 Å². The number of benzene rings is 2. The predicted octanol–water partition coefficient (Wildman–Crippen LogP) is 5.02. The Balaban J connectivity index is 2.22. The molecule has 0 bridgehead atoms. The molecule has 0 heterocycles. The summed E-state index contributed by atoms with van der Waals surface area (Å²) >= 11 is 13.9. The fourth-order valence-corrected chi connectivity index (χ4v) is 2.63. The first-order chi connectivity index (χ1) is 8.58. The largest absolute Gasteiger partial charge is 0.294 e. The number of halogens is 3. The van der Waals surface area contributed by atoms with E-state index in [4.69, 9.17) is 23.2 Å². The van der Waals surface area contributed by atoms with E-state index in [1.165, 1.54) is 0 Å². The Kier molecular flexibility index (Phi) is 4.65. The van der Waals surface area contributed by atoms with Crippen molar-refractivity contribution in [2.24, 2.45) is 0 Å². The van der Waals surface area contributed by atoms with Crippen molar-refractivity contribution < 1.29 is 4.79 Å². The minimum Gasteiger partial charge on any atom is -0.294 e. The van der Waals surface area contributed by atoms with Gasteiger partial charge in [0.2, 0.25) is 0 Å². The Bertz CT molecular complexity index is 596. The molecule has 0 atom stereocenters. The summed E-state index contributed by atoms with van der Waals surface area (Å²) in [5.41, 5.74) is 1.61. The molecule has 0 amide bonds. The van der Waals surface area contributed by atoms with Crippen LogP contribution in [-0.4, -0.2) is 5.78 Å². The van der Waals surface area contributed by atoms with E-state index in [0.29, 0.717) is 16.5 Å². The van der Waals surface area contributed by atoms with Gasteiger partial charge in [-0.15, -0.1) is 0 Å². The Morgan fingerprint density at radius 1 is 1.06 bits per heavy atom. The van der Waals surface area contributed by atoms with Crippen molar-refractivity contribution in [3.8, 4) is 0 Å². The van der Waals surface area contributed by atoms with Crippen LogP contribution in [0.1, 0.15) is 15.9 Å². The third-order valence-electron chi connectivity index (χ3n) is 2.52. The van der Waals surface area contributed by atoms with Crippen LogP contribution in [0.4, 0.5) is 0 Å². The van der Waals surface area contributed by atoms with E-state index in [-0.39, 0.29) is 5.78 Å². The summed E-state index contributed by atoms with van der Waals surface area (Å²) in [5.74, 6) is 0.0818. The summed E-state index contributed by atoms with van der Waals surface area (Å²) < 4.78 is 0.958. The van der Waals surface area contributed by atoms with Gasteiger partial charge >= 0.3 is 0 Å². The molecule has 0 fully saturated rings. The van der Waals surface area contributed by atoms with E-state index >= 15 is 0 Å². The lowest BCUT2D eigenvalue weighted by molar-refractivity contribution is 0.0992. The first-order valence-electron chi connectivity index (χ1n) is 5.29. The summed E-state index contributed by atoms with van der Waals surface area (Å²) in [6.45, 7) is 0. The van der Waals surface area contributed by atoms with Crippen LogP contribution in [0.25, 0.3) is 0 Å². The molecule has 2 rings (SSSR count). The Hall–Kier alpha value is -0.580. The molecule has 18 heavy (non-hydrogen) atoms. The Morgan fingerprint density at radius 3 is 2.44 bits per heavy atom. The number of hydrogen-bond donors (Lipinski definition) is 0. The number of ketones is 1. The highest BCUT2D eigenvalue weighted by Gasteiger charge is 2.10. The van der Waals surface area contributed by atoms with Gasteiger partial charge in [-0.2, -0.15) is 0 Å². The molecule has 0 aliphatic carbocycles. The molecule has 0 radical (unpaired) electrons. The van der Waals surface area contributed by atoms with Gasteiger partial charge in [0.15, 0.2) is 5.78 Å². The number of carbonyl (C=O) groups excluding carboxylic acids is 1. The second kappa shape index (κ2) is 6.04. The molecule has 0 aliphatic heterocycles. The van der Waals surface area contributed by atoms with Crippen molar-refractivity contribution >= 4 is 51.6 Å². The molecule has 0 N–H and O–H groups in total. The molecule has 4 heteroatoms. The average molecular weight is 391 g/mol. The molecular weight excluding hydrogens is 382 g/mol. The van der Waals surface area contributed by atoms with E-state index in [1.807, 2.05) is 30.3 Å². The molecule has 2 aromatic rings. The highest BCUT2D eigenvalue weighted by molar-refractivity contribution is 14.1. The highest BCUT2D eigenvalue weighted by Crippen LogP contribution is 2.23. The zero-order valence-electron chi connectivity index (χ0n) is 9.29. The lowest BCUT2D eigenvalue weighted by Crippen LogP contribution is -2.05. The van der Waals surface area contributed by atoms with Crippen LogP contribution >= 0.6 is 45.8 Å². The van der Waals surface area contributed by atoms with Crippen LogP contribution in [0.15, 0.2) is 42.5 Å². The maximum atomic E-state index is 12.2. The van der Waals surface area contributed by atoms with Crippen LogP contribution < -0.4 is 0 Å². The smallest absolute Gasteiger partial charge is 0.168 e. The number of rotatable bonds is 3. The monoisotopic (exact) mass is 390 g/mol. The van der Waals surface area contributed by atoms with E-state index in [0.717, 1.165) is 14.7 Å². The first kappa shape index (κ1) is 13.8. The van der Waals surface area contributed by atoms with Crippen LogP contribution in [-0.2, 0) is 6.42 Å². The summed E-state index contributed by atoms with van der Waals surface area (Å²) in [7, 11) is 0. The molecule has 2 aromatic carbocycles. The first-order valence-corrected chi connectivity index (χ1v) is 7.13. The highest BCUT2D eigenvalue weighted by atomic mass is 127. The Labute approximate surface area is 129 Å². The van der Waals surface area contributed by atoms with E-state index in [1.54, 1.807) is 12.1 Å². The van der Waals surface area contributed by atoms with Crippen molar-refractivity contribution in [2.45, 2.75) is 6.42 Å². The van der Waals surface area contributed by atoms with E-state index in [9.17, 15) is 4.79 Å². The second-order valence-electron chi connectivity index (χ2n) is 3.83. The maximum absolute atomic E-state index is 12.2. The number of carbonyl (C=O) groups is 1. The van der Waals surface area contributed by atoms with Crippen molar-refractivity contribution in [3.63, 3.8) is 0 Å². The minimum atomic E-state index is 0.0818. The van der Waals surface area contributed by atoms with Crippen LogP contribution in [0, 0.1) is 3.57 Å². The van der Waals surface area contributed by atoms with Crippen LogP contribution in [0.2, 0.25) is 10.0 Å².